The van der Waals surface area contributed by atoms with Crippen molar-refractivity contribution in [3.8, 4) is 0 Å². The average Bonchev–Trinajstić information content (AvgIpc) is 2.77. The second kappa shape index (κ2) is 9.53. The molecule has 3 rings (SSSR count). The summed E-state index contributed by atoms with van der Waals surface area (Å²) < 4.78 is 0. The summed E-state index contributed by atoms with van der Waals surface area (Å²) in [6.07, 6.45) is 0. The maximum absolute atomic E-state index is 12.7. The van der Waals surface area contributed by atoms with E-state index in [0.29, 0.717) is 18.7 Å². The van der Waals surface area contributed by atoms with Gasteiger partial charge >= 0.3 is 6.03 Å². The second-order valence-electron chi connectivity index (χ2n) is 8.51. The summed E-state index contributed by atoms with van der Waals surface area (Å²) >= 11 is 1.90. The Balaban J connectivity index is 1.56. The molecule has 30 heavy (non-hydrogen) atoms. The summed E-state index contributed by atoms with van der Waals surface area (Å²) in [5, 5.41) is 3.27. The third-order valence-electron chi connectivity index (χ3n) is 5.29. The van der Waals surface area contributed by atoms with Gasteiger partial charge in [0.15, 0.2) is 0 Å². The number of hydrazine groups is 1. The molecule has 4 N–H and O–H groups in total. The number of rotatable bonds is 4. The molecule has 0 radical (unpaired) electrons. The van der Waals surface area contributed by atoms with Crippen molar-refractivity contribution >= 4 is 23.7 Å². The highest BCUT2D eigenvalue weighted by atomic mass is 32.2. The average molecular weight is 427 g/mol. The number of carbonyl (C=O) groups is 2. The highest BCUT2D eigenvalue weighted by Gasteiger charge is 2.25. The number of amides is 3. The van der Waals surface area contributed by atoms with Crippen molar-refractivity contribution in [3.63, 3.8) is 0 Å². The molecule has 0 spiro atoms. The topological polar surface area (TPSA) is 87.5 Å². The van der Waals surface area contributed by atoms with Gasteiger partial charge in [0.25, 0.3) is 5.91 Å². The first-order valence-corrected chi connectivity index (χ1v) is 11.2. The summed E-state index contributed by atoms with van der Waals surface area (Å²) in [6.45, 7) is 8.49. The van der Waals surface area contributed by atoms with Gasteiger partial charge in [-0.1, -0.05) is 57.2 Å². The molecule has 3 amide bonds. The van der Waals surface area contributed by atoms with Crippen molar-refractivity contribution < 1.29 is 9.59 Å². The van der Waals surface area contributed by atoms with E-state index < -0.39 is 0 Å². The van der Waals surface area contributed by atoms with E-state index in [1.807, 2.05) is 28.8 Å². The van der Waals surface area contributed by atoms with Gasteiger partial charge in [0.1, 0.15) is 0 Å². The van der Waals surface area contributed by atoms with Crippen LogP contribution in [-0.2, 0) is 12.0 Å². The van der Waals surface area contributed by atoms with Gasteiger partial charge in [0.05, 0.1) is 0 Å². The molecule has 0 saturated carbocycles. The molecule has 1 unspecified atom stereocenters. The number of nitrogens with zero attached hydrogens (tertiary/aromatic N) is 1. The van der Waals surface area contributed by atoms with Gasteiger partial charge in [-0.25, -0.2) is 10.6 Å². The lowest BCUT2D eigenvalue weighted by atomic mass is 9.86. The van der Waals surface area contributed by atoms with Gasteiger partial charge in [0.2, 0.25) is 0 Å². The van der Waals surface area contributed by atoms with Crippen LogP contribution in [-0.4, -0.2) is 35.7 Å². The Morgan fingerprint density at radius 1 is 1.10 bits per heavy atom. The predicted octanol–water partition coefficient (Wildman–Crippen LogP) is 3.59. The molecular formula is C23H30N4O2S. The largest absolute Gasteiger partial charge is 0.334 e. The Morgan fingerprint density at radius 2 is 1.77 bits per heavy atom. The summed E-state index contributed by atoms with van der Waals surface area (Å²) in [5.41, 5.74) is 6.23. The number of nitrogen functional groups attached to an aromatic ring is 1. The first-order chi connectivity index (χ1) is 14.3. The first kappa shape index (κ1) is 22.2. The quantitative estimate of drug-likeness (QED) is 0.396. The first-order valence-electron chi connectivity index (χ1n) is 10.1. The molecule has 0 bridgehead atoms. The normalized spacial score (nSPS) is 16.8. The van der Waals surface area contributed by atoms with E-state index in [4.69, 9.17) is 5.84 Å². The zero-order valence-electron chi connectivity index (χ0n) is 17.8. The third kappa shape index (κ3) is 5.55. The number of benzene rings is 2. The van der Waals surface area contributed by atoms with Gasteiger partial charge in [-0.2, -0.15) is 11.8 Å². The fourth-order valence-corrected chi connectivity index (χ4v) is 4.63. The van der Waals surface area contributed by atoms with Crippen molar-refractivity contribution in [1.82, 2.24) is 15.6 Å². The van der Waals surface area contributed by atoms with Crippen LogP contribution in [0.2, 0.25) is 0 Å². The smallest absolute Gasteiger partial charge is 0.317 e. The number of carbonyl (C=O) groups excluding carboxylic acids is 2. The summed E-state index contributed by atoms with van der Waals surface area (Å²) in [7, 11) is 0. The van der Waals surface area contributed by atoms with Crippen molar-refractivity contribution in [1.29, 1.82) is 0 Å². The van der Waals surface area contributed by atoms with E-state index in [1.54, 1.807) is 12.1 Å². The minimum atomic E-state index is -0.335. The van der Waals surface area contributed by atoms with Gasteiger partial charge < -0.3 is 10.2 Å². The summed E-state index contributed by atoms with van der Waals surface area (Å²) in [4.78, 5) is 26.1. The van der Waals surface area contributed by atoms with Crippen LogP contribution in [0.3, 0.4) is 0 Å². The molecule has 1 heterocycles. The molecule has 1 aliphatic rings. The van der Waals surface area contributed by atoms with Gasteiger partial charge in [-0.15, -0.1) is 0 Å². The summed E-state index contributed by atoms with van der Waals surface area (Å²) in [6, 6.07) is 15.7. The maximum Gasteiger partial charge on any atom is 0.317 e. The van der Waals surface area contributed by atoms with Crippen LogP contribution in [0.25, 0.3) is 0 Å². The minimum absolute atomic E-state index is 0.0598. The molecule has 0 aromatic heterocycles. The SMILES string of the molecule is CC(C)(C)c1ccc(C2CN(C(=O)NCc3ccc(C(=O)NN)cc3)CCS2)cc1. The minimum Gasteiger partial charge on any atom is -0.334 e. The van der Waals surface area contributed by atoms with Crippen LogP contribution in [0.4, 0.5) is 4.79 Å². The molecule has 0 aliphatic carbocycles. The number of hydrogen-bond acceptors (Lipinski definition) is 4. The van der Waals surface area contributed by atoms with Gasteiger partial charge in [-0.3, -0.25) is 10.2 Å². The Bertz CT molecular complexity index is 876. The van der Waals surface area contributed by atoms with Crippen molar-refractivity contribution in [2.75, 3.05) is 18.8 Å². The molecular weight excluding hydrogens is 396 g/mol. The lowest BCUT2D eigenvalue weighted by Crippen LogP contribution is -2.44. The number of nitrogens with one attached hydrogen (secondary N) is 2. The third-order valence-corrected chi connectivity index (χ3v) is 6.53. The van der Waals surface area contributed by atoms with Crippen LogP contribution in [0.1, 0.15) is 53.1 Å². The molecule has 1 saturated heterocycles. The Morgan fingerprint density at radius 3 is 2.37 bits per heavy atom. The Kier molecular flexibility index (Phi) is 7.05. The fourth-order valence-electron chi connectivity index (χ4n) is 3.38. The zero-order chi connectivity index (χ0) is 21.7. The van der Waals surface area contributed by atoms with E-state index in [-0.39, 0.29) is 22.6 Å². The molecule has 7 heteroatoms. The molecule has 1 fully saturated rings. The predicted molar refractivity (Wildman–Crippen MR) is 122 cm³/mol. The lowest BCUT2D eigenvalue weighted by molar-refractivity contribution is 0.0953. The fraction of sp³-hybridized carbons (Fsp3) is 0.391. The van der Waals surface area contributed by atoms with Crippen LogP contribution in [0, 0.1) is 0 Å². The van der Waals surface area contributed by atoms with E-state index in [0.717, 1.165) is 17.9 Å². The Labute approximate surface area is 182 Å². The highest BCUT2D eigenvalue weighted by Crippen LogP contribution is 2.34. The zero-order valence-corrected chi connectivity index (χ0v) is 18.6. The standard InChI is InChI=1S/C23H30N4O2S/c1-23(2,3)19-10-8-17(9-11-19)20-15-27(12-13-30-20)22(29)25-14-16-4-6-18(7-5-16)21(28)26-24/h4-11,20H,12-15,24H2,1-3H3,(H,25,29)(H,26,28). The Hall–Kier alpha value is -2.51. The van der Waals surface area contributed by atoms with Crippen LogP contribution < -0.4 is 16.6 Å². The number of thioether (sulfide) groups is 1. The lowest BCUT2D eigenvalue weighted by Gasteiger charge is -2.33. The monoisotopic (exact) mass is 426 g/mol. The van der Waals surface area contributed by atoms with Crippen molar-refractivity contribution in [2.24, 2.45) is 5.84 Å². The van der Waals surface area contributed by atoms with Crippen molar-refractivity contribution in [3.05, 3.63) is 70.8 Å². The summed E-state index contributed by atoms with van der Waals surface area (Å²) in [5.74, 6) is 5.72. The molecule has 6 nitrogen and oxygen atoms in total. The number of hydrogen-bond donors (Lipinski definition) is 3. The molecule has 1 aliphatic heterocycles. The van der Waals surface area contributed by atoms with Crippen LogP contribution in [0.5, 0.6) is 0 Å². The highest BCUT2D eigenvalue weighted by molar-refractivity contribution is 7.99. The van der Waals surface area contributed by atoms with E-state index in [2.05, 4.69) is 55.8 Å². The number of urea groups is 1. The van der Waals surface area contributed by atoms with Crippen LogP contribution in [0.15, 0.2) is 48.5 Å². The molecule has 1 atom stereocenters. The maximum atomic E-state index is 12.7. The number of nitrogens with two attached hydrogens (primary N) is 1. The van der Waals surface area contributed by atoms with Crippen molar-refractivity contribution in [2.45, 2.75) is 38.0 Å². The van der Waals surface area contributed by atoms with Gasteiger partial charge in [-0.05, 0) is 34.2 Å². The van der Waals surface area contributed by atoms with E-state index in [9.17, 15) is 9.59 Å². The van der Waals surface area contributed by atoms with E-state index in [1.165, 1.54) is 11.1 Å². The van der Waals surface area contributed by atoms with E-state index >= 15 is 0 Å². The van der Waals surface area contributed by atoms with Crippen LogP contribution >= 0.6 is 11.8 Å². The molecule has 2 aromatic carbocycles. The molecule has 2 aromatic rings. The second-order valence-corrected chi connectivity index (χ2v) is 9.82. The van der Waals surface area contributed by atoms with Gasteiger partial charge in [0, 0.05) is 36.2 Å². The molecule has 160 valence electrons.